The average Bonchev–Trinajstić information content (AvgIpc) is 2.39. The van der Waals surface area contributed by atoms with E-state index in [1.54, 1.807) is 19.2 Å². The minimum atomic E-state index is -4.65. The first kappa shape index (κ1) is 16.8. The maximum absolute atomic E-state index is 12.1. The zero-order valence-electron chi connectivity index (χ0n) is 11.8. The van der Waals surface area contributed by atoms with Gasteiger partial charge in [-0.15, -0.1) is 13.2 Å². The first-order valence-corrected chi connectivity index (χ1v) is 6.44. The van der Waals surface area contributed by atoms with Crippen LogP contribution in [0.1, 0.15) is 18.9 Å². The van der Waals surface area contributed by atoms with Crippen molar-refractivity contribution in [1.29, 1.82) is 0 Å². The highest BCUT2D eigenvalue weighted by atomic mass is 19.4. The van der Waals surface area contributed by atoms with E-state index in [4.69, 9.17) is 4.74 Å². The summed E-state index contributed by atoms with van der Waals surface area (Å²) in [6.07, 6.45) is -3.06. The molecule has 0 bridgehead atoms. The van der Waals surface area contributed by atoms with E-state index in [-0.39, 0.29) is 17.9 Å². The van der Waals surface area contributed by atoms with Gasteiger partial charge in [-0.05, 0) is 37.6 Å². The summed E-state index contributed by atoms with van der Waals surface area (Å²) in [5.41, 5.74) is 0.925. The number of hydrogen-bond donors (Lipinski definition) is 1. The predicted molar refractivity (Wildman–Crippen MR) is 70.8 cm³/mol. The Morgan fingerprint density at radius 3 is 2.20 bits per heavy atom. The second-order valence-electron chi connectivity index (χ2n) is 4.47. The summed E-state index contributed by atoms with van der Waals surface area (Å²) >= 11 is 0. The molecule has 0 aliphatic heterocycles. The first-order chi connectivity index (χ1) is 9.39. The van der Waals surface area contributed by atoms with E-state index < -0.39 is 6.36 Å². The van der Waals surface area contributed by atoms with Crippen molar-refractivity contribution in [1.82, 2.24) is 5.32 Å². The van der Waals surface area contributed by atoms with Crippen LogP contribution < -0.4 is 10.1 Å². The number of likely N-dealkylation sites (N-methyl/N-ethyl adjacent to an activating group) is 1. The Morgan fingerprint density at radius 1 is 1.20 bits per heavy atom. The van der Waals surface area contributed by atoms with Gasteiger partial charge in [0.05, 0.1) is 6.10 Å². The summed E-state index contributed by atoms with van der Waals surface area (Å²) in [7, 11) is 3.49. The van der Waals surface area contributed by atoms with E-state index in [1.165, 1.54) is 12.1 Å². The third kappa shape index (κ3) is 5.38. The van der Waals surface area contributed by atoms with Gasteiger partial charge < -0.3 is 14.8 Å². The van der Waals surface area contributed by atoms with Crippen LogP contribution in [0.25, 0.3) is 0 Å². The average molecular weight is 291 g/mol. The fourth-order valence-corrected chi connectivity index (χ4v) is 2.12. The van der Waals surface area contributed by atoms with E-state index >= 15 is 0 Å². The molecule has 2 unspecified atom stereocenters. The van der Waals surface area contributed by atoms with Crippen molar-refractivity contribution in [3.8, 4) is 5.75 Å². The minimum Gasteiger partial charge on any atom is -0.406 e. The van der Waals surface area contributed by atoms with E-state index in [2.05, 4.69) is 10.1 Å². The van der Waals surface area contributed by atoms with Gasteiger partial charge >= 0.3 is 6.36 Å². The molecule has 0 saturated carbocycles. The maximum atomic E-state index is 12.1. The van der Waals surface area contributed by atoms with Gasteiger partial charge in [0.2, 0.25) is 0 Å². The van der Waals surface area contributed by atoms with Crippen molar-refractivity contribution in [2.75, 3.05) is 14.2 Å². The molecule has 6 heteroatoms. The fraction of sp³-hybridized carbons (Fsp3) is 0.571. The number of rotatable bonds is 7. The Morgan fingerprint density at radius 2 is 1.80 bits per heavy atom. The Hall–Kier alpha value is -1.27. The molecule has 114 valence electrons. The van der Waals surface area contributed by atoms with Crippen molar-refractivity contribution < 1.29 is 22.6 Å². The summed E-state index contributed by atoms with van der Waals surface area (Å²) in [5, 5.41) is 3.17. The lowest BCUT2D eigenvalue weighted by Gasteiger charge is -2.24. The topological polar surface area (TPSA) is 30.5 Å². The highest BCUT2D eigenvalue weighted by molar-refractivity contribution is 5.28. The molecule has 0 aliphatic carbocycles. The molecular weight excluding hydrogens is 271 g/mol. The summed E-state index contributed by atoms with van der Waals surface area (Å²) in [4.78, 5) is 0. The number of ether oxygens (including phenoxy) is 2. The van der Waals surface area contributed by atoms with Crippen molar-refractivity contribution in [2.24, 2.45) is 0 Å². The SMILES string of the molecule is CCC(OC)C(Cc1ccc(OC(F)(F)F)cc1)NC. The lowest BCUT2D eigenvalue weighted by atomic mass is 10.00. The van der Waals surface area contributed by atoms with Crippen LogP contribution in [0.2, 0.25) is 0 Å². The van der Waals surface area contributed by atoms with Crippen LogP contribution in [0.15, 0.2) is 24.3 Å². The molecule has 0 aromatic heterocycles. The fourth-order valence-electron chi connectivity index (χ4n) is 2.12. The van der Waals surface area contributed by atoms with E-state index in [0.717, 1.165) is 12.0 Å². The number of alkyl halides is 3. The van der Waals surface area contributed by atoms with Gasteiger partial charge in [-0.2, -0.15) is 0 Å². The molecule has 0 aliphatic rings. The maximum Gasteiger partial charge on any atom is 0.573 e. The van der Waals surface area contributed by atoms with Crippen LogP contribution in [-0.4, -0.2) is 32.7 Å². The number of methoxy groups -OCH3 is 1. The van der Waals surface area contributed by atoms with E-state index in [0.29, 0.717) is 6.42 Å². The third-order valence-electron chi connectivity index (χ3n) is 3.14. The van der Waals surface area contributed by atoms with Crippen LogP contribution in [0, 0.1) is 0 Å². The predicted octanol–water partition coefficient (Wildman–Crippen LogP) is 3.14. The second-order valence-corrected chi connectivity index (χ2v) is 4.47. The number of benzene rings is 1. The molecule has 0 spiro atoms. The molecule has 2 atom stereocenters. The van der Waals surface area contributed by atoms with Crippen molar-refractivity contribution in [3.05, 3.63) is 29.8 Å². The molecule has 0 fully saturated rings. The lowest BCUT2D eigenvalue weighted by Crippen LogP contribution is -2.40. The summed E-state index contributed by atoms with van der Waals surface area (Å²) in [6.45, 7) is 2.03. The Kier molecular flexibility index (Phi) is 6.29. The third-order valence-corrected chi connectivity index (χ3v) is 3.14. The van der Waals surface area contributed by atoms with Crippen molar-refractivity contribution >= 4 is 0 Å². The molecule has 0 heterocycles. The van der Waals surface area contributed by atoms with Gasteiger partial charge in [0.25, 0.3) is 0 Å². The van der Waals surface area contributed by atoms with Gasteiger partial charge in [-0.3, -0.25) is 0 Å². The molecule has 1 N–H and O–H groups in total. The van der Waals surface area contributed by atoms with E-state index in [1.807, 2.05) is 14.0 Å². The number of halogens is 3. The minimum absolute atomic E-state index is 0.0612. The van der Waals surface area contributed by atoms with Crippen LogP contribution in [0.5, 0.6) is 5.75 Å². The molecule has 1 aromatic rings. The van der Waals surface area contributed by atoms with Crippen LogP contribution in [-0.2, 0) is 11.2 Å². The lowest BCUT2D eigenvalue weighted by molar-refractivity contribution is -0.274. The Bertz CT molecular complexity index is 388. The highest BCUT2D eigenvalue weighted by Gasteiger charge is 2.31. The smallest absolute Gasteiger partial charge is 0.406 e. The molecule has 1 aromatic carbocycles. The highest BCUT2D eigenvalue weighted by Crippen LogP contribution is 2.23. The van der Waals surface area contributed by atoms with Crippen LogP contribution in [0.3, 0.4) is 0 Å². The normalized spacial score (nSPS) is 14.9. The molecule has 0 amide bonds. The molecule has 0 radical (unpaired) electrons. The van der Waals surface area contributed by atoms with Gasteiger partial charge in [-0.25, -0.2) is 0 Å². The number of nitrogens with one attached hydrogen (secondary N) is 1. The van der Waals surface area contributed by atoms with Gasteiger partial charge in [0, 0.05) is 13.2 Å². The molecular formula is C14H20F3NO2. The van der Waals surface area contributed by atoms with Gasteiger partial charge in [-0.1, -0.05) is 19.1 Å². The Balaban J connectivity index is 2.68. The largest absolute Gasteiger partial charge is 0.573 e. The van der Waals surface area contributed by atoms with Gasteiger partial charge in [0.1, 0.15) is 5.75 Å². The first-order valence-electron chi connectivity index (χ1n) is 6.44. The van der Waals surface area contributed by atoms with Gasteiger partial charge in [0.15, 0.2) is 0 Å². The van der Waals surface area contributed by atoms with E-state index in [9.17, 15) is 13.2 Å². The second kappa shape index (κ2) is 7.50. The molecule has 20 heavy (non-hydrogen) atoms. The summed E-state index contributed by atoms with van der Waals surface area (Å²) < 4.78 is 45.4. The molecule has 3 nitrogen and oxygen atoms in total. The zero-order valence-corrected chi connectivity index (χ0v) is 11.8. The molecule has 1 rings (SSSR count). The number of hydrogen-bond acceptors (Lipinski definition) is 3. The zero-order chi connectivity index (χ0) is 15.2. The Labute approximate surface area is 117 Å². The monoisotopic (exact) mass is 291 g/mol. The van der Waals surface area contributed by atoms with Crippen LogP contribution in [0.4, 0.5) is 13.2 Å². The van der Waals surface area contributed by atoms with Crippen molar-refractivity contribution in [3.63, 3.8) is 0 Å². The quantitative estimate of drug-likeness (QED) is 0.837. The standard InChI is InChI=1S/C14H20F3NO2/c1-4-13(19-3)12(18-2)9-10-5-7-11(8-6-10)20-14(15,16)17/h5-8,12-13,18H,4,9H2,1-3H3. The van der Waals surface area contributed by atoms with Crippen LogP contribution >= 0.6 is 0 Å². The molecule has 0 saturated heterocycles. The van der Waals surface area contributed by atoms with Crippen molar-refractivity contribution in [2.45, 2.75) is 38.3 Å². The summed E-state index contributed by atoms with van der Waals surface area (Å²) in [5.74, 6) is -0.207. The summed E-state index contributed by atoms with van der Waals surface area (Å²) in [6, 6.07) is 6.02.